The van der Waals surface area contributed by atoms with Gasteiger partial charge in [0.2, 0.25) is 0 Å². The second kappa shape index (κ2) is 9.66. The second-order valence-corrected chi connectivity index (χ2v) is 6.62. The highest BCUT2D eigenvalue weighted by atomic mass is 79.9. The van der Waals surface area contributed by atoms with E-state index in [-0.39, 0.29) is 6.61 Å². The van der Waals surface area contributed by atoms with E-state index in [9.17, 15) is 4.79 Å². The van der Waals surface area contributed by atoms with Gasteiger partial charge in [0.05, 0.1) is 30.5 Å². The van der Waals surface area contributed by atoms with E-state index in [0.717, 1.165) is 4.47 Å². The number of hydrazone groups is 1. The number of carbonyl (C=O) groups is 1. The summed E-state index contributed by atoms with van der Waals surface area (Å²) in [5.41, 5.74) is 2.90. The molecule has 2 aromatic carbocycles. The molecular weight excluding hydrogens is 447 g/mol. The van der Waals surface area contributed by atoms with Crippen LogP contribution in [0.3, 0.4) is 0 Å². The fraction of sp³-hybridized carbons (Fsp3) is 0.176. The molecule has 0 unspecified atom stereocenters. The molecule has 2 aromatic rings. The van der Waals surface area contributed by atoms with Crippen LogP contribution in [0.2, 0.25) is 10.0 Å². The van der Waals surface area contributed by atoms with Crippen LogP contribution in [0.5, 0.6) is 17.2 Å². The number of hydrogen-bond acceptors (Lipinski definition) is 5. The summed E-state index contributed by atoms with van der Waals surface area (Å²) in [6.07, 6.45) is 1.40. The largest absolute Gasteiger partial charge is 0.493 e. The number of nitrogens with zero attached hydrogens (tertiary/aromatic N) is 1. The maximum Gasteiger partial charge on any atom is 0.277 e. The lowest BCUT2D eigenvalue weighted by molar-refractivity contribution is -0.123. The molecule has 0 saturated heterocycles. The minimum Gasteiger partial charge on any atom is -0.493 e. The van der Waals surface area contributed by atoms with Gasteiger partial charge in [0.15, 0.2) is 18.1 Å². The van der Waals surface area contributed by atoms with Crippen molar-refractivity contribution in [2.24, 2.45) is 5.10 Å². The first-order valence-corrected chi connectivity index (χ1v) is 8.80. The summed E-state index contributed by atoms with van der Waals surface area (Å²) >= 11 is 15.4. The van der Waals surface area contributed by atoms with E-state index >= 15 is 0 Å². The Morgan fingerprint density at radius 1 is 1.12 bits per heavy atom. The van der Waals surface area contributed by atoms with E-state index in [0.29, 0.717) is 32.9 Å². The zero-order valence-electron chi connectivity index (χ0n) is 13.9. The predicted molar refractivity (Wildman–Crippen MR) is 105 cm³/mol. The van der Waals surface area contributed by atoms with Gasteiger partial charge in [-0.3, -0.25) is 4.79 Å². The molecule has 138 valence electrons. The monoisotopic (exact) mass is 460 g/mol. The summed E-state index contributed by atoms with van der Waals surface area (Å²) in [6, 6.07) is 8.34. The van der Waals surface area contributed by atoms with Crippen LogP contribution >= 0.6 is 39.1 Å². The SMILES string of the molecule is COc1cc(Cl)c(/C=N/NC(=O)COc2ccc(Br)cc2Cl)cc1OC. The number of amides is 1. The van der Waals surface area contributed by atoms with Gasteiger partial charge in [0.25, 0.3) is 5.91 Å². The van der Waals surface area contributed by atoms with Crippen molar-refractivity contribution in [2.75, 3.05) is 20.8 Å². The van der Waals surface area contributed by atoms with E-state index in [2.05, 4.69) is 26.5 Å². The van der Waals surface area contributed by atoms with Crippen molar-refractivity contribution >= 4 is 51.3 Å². The maximum absolute atomic E-state index is 11.8. The number of nitrogens with one attached hydrogen (secondary N) is 1. The van der Waals surface area contributed by atoms with Gasteiger partial charge in [-0.2, -0.15) is 5.10 Å². The zero-order valence-corrected chi connectivity index (χ0v) is 17.0. The first-order chi connectivity index (χ1) is 12.4. The topological polar surface area (TPSA) is 69.2 Å². The molecule has 26 heavy (non-hydrogen) atoms. The first-order valence-electron chi connectivity index (χ1n) is 7.26. The predicted octanol–water partition coefficient (Wildman–Crippen LogP) is 4.30. The Hall–Kier alpha value is -1.96. The molecule has 9 heteroatoms. The van der Waals surface area contributed by atoms with Crippen LogP contribution in [0.4, 0.5) is 0 Å². The summed E-state index contributed by atoms with van der Waals surface area (Å²) in [7, 11) is 3.03. The van der Waals surface area contributed by atoms with E-state index in [4.69, 9.17) is 37.4 Å². The minimum absolute atomic E-state index is 0.238. The van der Waals surface area contributed by atoms with Crippen molar-refractivity contribution < 1.29 is 19.0 Å². The number of halogens is 3. The van der Waals surface area contributed by atoms with Crippen LogP contribution in [0.1, 0.15) is 5.56 Å². The Morgan fingerprint density at radius 2 is 1.81 bits per heavy atom. The first kappa shape index (κ1) is 20.4. The molecule has 1 N–H and O–H groups in total. The molecule has 0 saturated carbocycles. The van der Waals surface area contributed by atoms with E-state index in [1.165, 1.54) is 20.4 Å². The smallest absolute Gasteiger partial charge is 0.277 e. The molecule has 0 aliphatic carbocycles. The van der Waals surface area contributed by atoms with Crippen molar-refractivity contribution in [3.63, 3.8) is 0 Å². The normalized spacial score (nSPS) is 10.7. The third kappa shape index (κ3) is 5.52. The fourth-order valence-electron chi connectivity index (χ4n) is 1.91. The van der Waals surface area contributed by atoms with E-state index in [1.54, 1.807) is 30.3 Å². The Bertz CT molecular complexity index is 831. The van der Waals surface area contributed by atoms with Crippen molar-refractivity contribution in [3.05, 3.63) is 50.4 Å². The standard InChI is InChI=1S/C17H15BrCl2N2O4/c1-24-15-5-10(12(19)7-16(15)25-2)8-21-22-17(23)9-26-14-4-3-11(18)6-13(14)20/h3-8H,9H2,1-2H3,(H,22,23)/b21-8+. The molecule has 6 nitrogen and oxygen atoms in total. The third-order valence-electron chi connectivity index (χ3n) is 3.15. The molecule has 0 bridgehead atoms. The molecule has 1 amide bonds. The lowest BCUT2D eigenvalue weighted by atomic mass is 10.2. The molecule has 0 aliphatic rings. The van der Waals surface area contributed by atoms with Crippen molar-refractivity contribution in [1.29, 1.82) is 0 Å². The molecular formula is C17H15BrCl2N2O4. The molecule has 2 rings (SSSR count). The van der Waals surface area contributed by atoms with Gasteiger partial charge in [-0.05, 0) is 24.3 Å². The second-order valence-electron chi connectivity index (χ2n) is 4.89. The minimum atomic E-state index is -0.447. The number of benzene rings is 2. The lowest BCUT2D eigenvalue weighted by Crippen LogP contribution is -2.24. The van der Waals surface area contributed by atoms with E-state index < -0.39 is 5.91 Å². The van der Waals surface area contributed by atoms with Crippen molar-refractivity contribution in [3.8, 4) is 17.2 Å². The number of methoxy groups -OCH3 is 2. The van der Waals surface area contributed by atoms with Crippen molar-refractivity contribution in [1.82, 2.24) is 5.43 Å². The summed E-state index contributed by atoms with van der Waals surface area (Å²) in [4.78, 5) is 11.8. The molecule has 0 atom stereocenters. The molecule has 0 aliphatic heterocycles. The van der Waals surface area contributed by atoms with Gasteiger partial charge in [-0.1, -0.05) is 39.1 Å². The maximum atomic E-state index is 11.8. The van der Waals surface area contributed by atoms with Gasteiger partial charge in [0, 0.05) is 16.1 Å². The van der Waals surface area contributed by atoms with Crippen LogP contribution in [-0.2, 0) is 4.79 Å². The Kier molecular flexibility index (Phi) is 7.56. The van der Waals surface area contributed by atoms with Crippen molar-refractivity contribution in [2.45, 2.75) is 0 Å². The quantitative estimate of drug-likeness (QED) is 0.493. The number of hydrogen-bond donors (Lipinski definition) is 1. The average Bonchev–Trinajstić information content (AvgIpc) is 2.62. The lowest BCUT2D eigenvalue weighted by Gasteiger charge is -2.09. The highest BCUT2D eigenvalue weighted by Gasteiger charge is 2.09. The van der Waals surface area contributed by atoms with Gasteiger partial charge in [-0.15, -0.1) is 0 Å². The summed E-state index contributed by atoms with van der Waals surface area (Å²) in [5.74, 6) is 0.949. The van der Waals surface area contributed by atoms with Crippen LogP contribution in [0.25, 0.3) is 0 Å². The van der Waals surface area contributed by atoms with Crippen LogP contribution < -0.4 is 19.6 Å². The Balaban J connectivity index is 1.94. The summed E-state index contributed by atoms with van der Waals surface area (Å²) in [5, 5.41) is 4.65. The number of ether oxygens (including phenoxy) is 3. The molecule has 0 fully saturated rings. The number of carbonyl (C=O) groups excluding carboxylic acids is 1. The molecule has 0 spiro atoms. The fourth-order valence-corrected chi connectivity index (χ4v) is 2.84. The van der Waals surface area contributed by atoms with E-state index in [1.807, 2.05) is 0 Å². The summed E-state index contributed by atoms with van der Waals surface area (Å²) in [6.45, 7) is -0.238. The molecule has 0 heterocycles. The Morgan fingerprint density at radius 3 is 2.46 bits per heavy atom. The zero-order chi connectivity index (χ0) is 19.1. The van der Waals surface area contributed by atoms with Gasteiger partial charge in [-0.25, -0.2) is 5.43 Å². The average molecular weight is 462 g/mol. The van der Waals surface area contributed by atoms with Gasteiger partial charge in [0.1, 0.15) is 5.75 Å². The van der Waals surface area contributed by atoms with Gasteiger partial charge < -0.3 is 14.2 Å². The van der Waals surface area contributed by atoms with Crippen LogP contribution in [-0.4, -0.2) is 32.9 Å². The van der Waals surface area contributed by atoms with Gasteiger partial charge >= 0.3 is 0 Å². The highest BCUT2D eigenvalue weighted by Crippen LogP contribution is 2.32. The highest BCUT2D eigenvalue weighted by molar-refractivity contribution is 9.10. The molecule has 0 aromatic heterocycles. The summed E-state index contributed by atoms with van der Waals surface area (Å²) < 4.78 is 16.5. The Labute approximate surface area is 169 Å². The third-order valence-corrected chi connectivity index (χ3v) is 4.26. The van der Waals surface area contributed by atoms with Crippen LogP contribution in [0, 0.1) is 0 Å². The molecule has 0 radical (unpaired) electrons. The van der Waals surface area contributed by atoms with Crippen LogP contribution in [0.15, 0.2) is 39.9 Å². The number of rotatable bonds is 7.